The van der Waals surface area contributed by atoms with Crippen LogP contribution in [0, 0.1) is 0 Å². The predicted octanol–water partition coefficient (Wildman–Crippen LogP) is 7.59. The molecule has 2 unspecified atom stereocenters. The van der Waals surface area contributed by atoms with Gasteiger partial charge in [-0.3, -0.25) is 0 Å². The Morgan fingerprint density at radius 1 is 0.508 bits per heavy atom. The number of rotatable bonds is 15. The van der Waals surface area contributed by atoms with Gasteiger partial charge in [-0.25, -0.2) is 0 Å². The molecule has 4 aromatic rings. The van der Waals surface area contributed by atoms with E-state index in [1.165, 1.54) is 35.5 Å². The minimum absolute atomic E-state index is 0. The molecule has 0 radical (unpaired) electrons. The molecule has 61 heavy (non-hydrogen) atoms. The largest absolute Gasteiger partial charge is 1.00 e. The first-order valence-corrected chi connectivity index (χ1v) is 27.8. The van der Waals surface area contributed by atoms with E-state index in [1.807, 2.05) is 43.0 Å². The number of fused-ring (bicyclic) bond motifs is 4. The van der Waals surface area contributed by atoms with Crippen LogP contribution in [-0.4, -0.2) is 122 Å². The van der Waals surface area contributed by atoms with Crippen LogP contribution in [0.25, 0.3) is 0 Å². The van der Waals surface area contributed by atoms with Crippen LogP contribution in [0.1, 0.15) is 40.0 Å². The Hall–Kier alpha value is -0.0400. The molecule has 0 aliphatic carbocycles. The maximum Gasteiger partial charge on any atom is 1.00 e. The SMILES string of the molecule is BrCCCCBr.BrCCCCOC1COc2cscc2OC1.BrCCCCOCC1COc2cscc2O1.OC1COc2cscc2OC1.OCC1COc2cscc2O1.[H-].[Na+]. The number of thiophene rings is 4. The summed E-state index contributed by atoms with van der Waals surface area (Å²) in [5.74, 6) is 6.43. The van der Waals surface area contributed by atoms with Crippen LogP contribution in [0.2, 0.25) is 0 Å². The van der Waals surface area contributed by atoms with Crippen molar-refractivity contribution in [1.82, 2.24) is 0 Å². The fraction of sp³-hybridized carbons (Fsp3) is 0.600. The average Bonchev–Trinajstić information content (AvgIpc) is 4.10. The van der Waals surface area contributed by atoms with Crippen LogP contribution < -0.4 is 67.5 Å². The van der Waals surface area contributed by atoms with Crippen molar-refractivity contribution in [3.63, 3.8) is 0 Å². The molecule has 0 saturated carbocycles. The second-order valence-corrected chi connectivity index (χ2v) is 19.2. The number of alkyl halides is 4. The maximum atomic E-state index is 9.13. The fourth-order valence-electron chi connectivity index (χ4n) is 4.94. The normalized spacial score (nSPS) is 17.1. The molecule has 0 saturated heterocycles. The Kier molecular flexibility index (Phi) is 31.1. The van der Waals surface area contributed by atoms with E-state index >= 15 is 0 Å². The molecule has 21 heteroatoms. The van der Waals surface area contributed by atoms with Crippen molar-refractivity contribution in [2.24, 2.45) is 0 Å². The summed E-state index contributed by atoms with van der Waals surface area (Å²) in [6, 6.07) is 0. The van der Waals surface area contributed by atoms with Gasteiger partial charge >= 0.3 is 29.6 Å². The molecule has 12 nitrogen and oxygen atoms in total. The number of aliphatic hydroxyl groups excluding tert-OH is 2. The van der Waals surface area contributed by atoms with Gasteiger partial charge in [-0.2, -0.15) is 0 Å². The summed E-state index contributed by atoms with van der Waals surface area (Å²) in [6.07, 6.45) is 6.39. The molecular formula is C40H55Br4NaO12S4. The molecule has 340 valence electrons. The van der Waals surface area contributed by atoms with E-state index in [1.54, 1.807) is 22.7 Å². The predicted molar refractivity (Wildman–Crippen MR) is 257 cm³/mol. The second-order valence-electron chi connectivity index (χ2n) is 13.0. The summed E-state index contributed by atoms with van der Waals surface area (Å²) < 4.78 is 54.9. The number of ether oxygens (including phenoxy) is 10. The monoisotopic (exact) mass is 1190 g/mol. The third-order valence-electron chi connectivity index (χ3n) is 8.10. The number of hydrogen-bond acceptors (Lipinski definition) is 16. The van der Waals surface area contributed by atoms with E-state index in [0.29, 0.717) is 46.2 Å². The van der Waals surface area contributed by atoms with E-state index in [9.17, 15) is 0 Å². The van der Waals surface area contributed by atoms with Gasteiger partial charge in [0.25, 0.3) is 0 Å². The first-order valence-electron chi connectivity index (χ1n) is 19.5. The van der Waals surface area contributed by atoms with Crippen molar-refractivity contribution in [2.45, 2.75) is 62.9 Å². The smallest absolute Gasteiger partial charge is 1.00 e. The Bertz CT molecular complexity index is 1610. The summed E-state index contributed by atoms with van der Waals surface area (Å²) in [4.78, 5) is 0. The van der Waals surface area contributed by atoms with E-state index in [-0.39, 0.29) is 55.9 Å². The molecule has 0 amide bonds. The number of unbranched alkanes of at least 4 members (excludes halogenated alkanes) is 3. The van der Waals surface area contributed by atoms with Crippen LogP contribution in [0.3, 0.4) is 0 Å². The van der Waals surface area contributed by atoms with Crippen molar-refractivity contribution in [3.05, 3.63) is 43.0 Å². The Labute approximate surface area is 432 Å². The van der Waals surface area contributed by atoms with Crippen LogP contribution in [0.5, 0.6) is 46.0 Å². The summed E-state index contributed by atoms with van der Waals surface area (Å²) >= 11 is 19.7. The van der Waals surface area contributed by atoms with Gasteiger partial charge in [0.05, 0.1) is 13.2 Å². The van der Waals surface area contributed by atoms with Gasteiger partial charge in [-0.15, -0.1) is 45.3 Å². The third kappa shape index (κ3) is 21.9. The molecule has 0 fully saturated rings. The standard InChI is InChI=1S/2C11H15BrO3S.2C7H8O3S.C4H8Br2.Na.H/c12-3-1-2-4-13-9-5-14-10-7-16-8-11(10)15-6-9;12-3-1-2-4-13-5-9-6-14-10-7-16-8-11(10)15-9;8-5-1-9-6-3-11-4-7(6)10-2-5;8-1-5-2-9-6-3-11-4-7(6)10-5;5-3-1-2-4-6;;/h2*7-9H,1-6H2;2*3-5,8H,1-2H2;1-4H2;;/q;;;;;+1;-1. The van der Waals surface area contributed by atoms with Gasteiger partial charge < -0.3 is 59.0 Å². The first-order chi connectivity index (χ1) is 29.5. The van der Waals surface area contributed by atoms with Crippen LogP contribution in [0.4, 0.5) is 0 Å². The molecule has 2 N–H and O–H groups in total. The van der Waals surface area contributed by atoms with Crippen LogP contribution in [-0.2, 0) is 9.47 Å². The molecule has 8 rings (SSSR count). The molecular weight excluding hydrogens is 1140 g/mol. The van der Waals surface area contributed by atoms with Crippen molar-refractivity contribution >= 4 is 109 Å². The van der Waals surface area contributed by atoms with Crippen molar-refractivity contribution in [2.75, 3.05) is 87.4 Å². The minimum Gasteiger partial charge on any atom is -1.00 e. The molecule has 4 aliphatic heterocycles. The summed E-state index contributed by atoms with van der Waals surface area (Å²) in [5.41, 5.74) is 0. The van der Waals surface area contributed by atoms with Gasteiger partial charge in [0.1, 0.15) is 51.8 Å². The third-order valence-corrected chi connectivity index (χ3v) is 13.1. The molecule has 0 aromatic carbocycles. The van der Waals surface area contributed by atoms with Gasteiger partial charge in [-0.05, 0) is 38.5 Å². The first kappa shape index (κ1) is 55.3. The quantitative estimate of drug-likeness (QED) is 0.0691. The molecule has 4 aromatic heterocycles. The minimum atomic E-state index is -0.507. The Morgan fingerprint density at radius 3 is 1.33 bits per heavy atom. The molecule has 4 aliphatic rings. The summed E-state index contributed by atoms with van der Waals surface area (Å²) in [7, 11) is 0. The van der Waals surface area contributed by atoms with E-state index in [2.05, 4.69) is 63.7 Å². The summed E-state index contributed by atoms with van der Waals surface area (Å²) in [5, 5.41) is 37.6. The Balaban J connectivity index is 0.000000273. The zero-order valence-corrected chi connectivity index (χ0v) is 45.8. The number of aliphatic hydroxyl groups is 2. The second kappa shape index (κ2) is 34.3. The fourth-order valence-corrected chi connectivity index (χ4v) is 9.24. The average molecular weight is 1200 g/mol. The molecule has 0 spiro atoms. The van der Waals surface area contributed by atoms with Crippen LogP contribution >= 0.6 is 109 Å². The molecule has 0 bridgehead atoms. The van der Waals surface area contributed by atoms with Crippen molar-refractivity contribution in [1.29, 1.82) is 0 Å². The number of halogens is 4. The van der Waals surface area contributed by atoms with Gasteiger partial charge in [0.15, 0.2) is 58.2 Å². The van der Waals surface area contributed by atoms with Gasteiger partial charge in [0.2, 0.25) is 0 Å². The van der Waals surface area contributed by atoms with E-state index in [0.717, 1.165) is 106 Å². The maximum absolute atomic E-state index is 9.13. The van der Waals surface area contributed by atoms with Crippen molar-refractivity contribution < 1.29 is 88.6 Å². The molecule has 2 atom stereocenters. The topological polar surface area (TPSA) is 133 Å². The van der Waals surface area contributed by atoms with Crippen LogP contribution in [0.15, 0.2) is 43.0 Å². The van der Waals surface area contributed by atoms with E-state index < -0.39 is 6.10 Å². The summed E-state index contributed by atoms with van der Waals surface area (Å²) in [6.45, 7) is 5.02. The number of hydrogen-bond donors (Lipinski definition) is 2. The van der Waals surface area contributed by atoms with E-state index in [4.69, 9.17) is 57.6 Å². The van der Waals surface area contributed by atoms with Gasteiger partial charge in [-0.1, -0.05) is 63.7 Å². The zero-order valence-electron chi connectivity index (χ0n) is 35.2. The molecule has 8 heterocycles. The van der Waals surface area contributed by atoms with Crippen molar-refractivity contribution in [3.8, 4) is 46.0 Å². The zero-order chi connectivity index (χ0) is 42.6. The Morgan fingerprint density at radius 2 is 0.869 bits per heavy atom. The van der Waals surface area contributed by atoms with Gasteiger partial charge in [0, 0.05) is 77.6 Å².